The van der Waals surface area contributed by atoms with E-state index in [1.807, 2.05) is 0 Å². The normalized spacial score (nSPS) is 54.0. The van der Waals surface area contributed by atoms with Gasteiger partial charge in [0, 0.05) is 18.8 Å². The molecule has 1 spiro atoms. The van der Waals surface area contributed by atoms with Gasteiger partial charge in [0.25, 0.3) is 0 Å². The minimum absolute atomic E-state index is 0.203. The van der Waals surface area contributed by atoms with Gasteiger partial charge < -0.3 is 24.1 Å². The van der Waals surface area contributed by atoms with Crippen LogP contribution in [0.4, 0.5) is 0 Å². The van der Waals surface area contributed by atoms with Gasteiger partial charge in [0.15, 0.2) is 11.6 Å². The lowest BCUT2D eigenvalue weighted by atomic mass is 9.43. The Balaban J connectivity index is 1.28. The Morgan fingerprint density at radius 2 is 1.40 bits per heavy atom. The Labute approximate surface area is 181 Å². The van der Waals surface area contributed by atoms with Gasteiger partial charge in [-0.1, -0.05) is 13.8 Å². The number of hydrogen-bond donors (Lipinski definition) is 1. The number of rotatable bonds is 1. The fourth-order valence-corrected chi connectivity index (χ4v) is 9.52. The second-order valence-corrected chi connectivity index (χ2v) is 12.0. The van der Waals surface area contributed by atoms with Gasteiger partial charge in [-0.05, 0) is 80.0 Å². The Kier molecular flexibility index (Phi) is 4.53. The molecule has 4 aliphatic carbocycles. The van der Waals surface area contributed by atoms with E-state index in [2.05, 4.69) is 20.8 Å². The average Bonchev–Trinajstić information content (AvgIpc) is 3.43. The van der Waals surface area contributed by atoms with E-state index >= 15 is 0 Å². The van der Waals surface area contributed by atoms with Crippen molar-refractivity contribution >= 4 is 0 Å². The van der Waals surface area contributed by atoms with Crippen molar-refractivity contribution in [1.29, 1.82) is 0 Å². The molecule has 5 heteroatoms. The van der Waals surface area contributed by atoms with Crippen LogP contribution in [0.5, 0.6) is 0 Å². The third kappa shape index (κ3) is 2.65. The zero-order valence-corrected chi connectivity index (χ0v) is 19.0. The predicted molar refractivity (Wildman–Crippen MR) is 112 cm³/mol. The van der Waals surface area contributed by atoms with Crippen molar-refractivity contribution in [3.05, 3.63) is 0 Å². The van der Waals surface area contributed by atoms with E-state index in [-0.39, 0.29) is 17.3 Å². The molecule has 2 aliphatic heterocycles. The highest BCUT2D eigenvalue weighted by Crippen LogP contribution is 2.69. The van der Waals surface area contributed by atoms with E-state index in [1.165, 1.54) is 32.1 Å². The molecule has 6 rings (SSSR count). The van der Waals surface area contributed by atoms with Crippen molar-refractivity contribution in [2.45, 2.75) is 89.8 Å². The maximum absolute atomic E-state index is 11.5. The SMILES string of the molecule is CC1(C2CCC3C4C(O)CC5CC6(CCC5(C)C4CCC32C)OCCO6)OCCO1. The van der Waals surface area contributed by atoms with E-state index in [4.69, 9.17) is 18.9 Å². The smallest absolute Gasteiger partial charge is 0.169 e. The summed E-state index contributed by atoms with van der Waals surface area (Å²) in [6.45, 7) is 10.1. The van der Waals surface area contributed by atoms with Crippen LogP contribution in [0.15, 0.2) is 0 Å². The van der Waals surface area contributed by atoms with Crippen molar-refractivity contribution in [1.82, 2.24) is 0 Å². The van der Waals surface area contributed by atoms with Gasteiger partial charge in [-0.2, -0.15) is 0 Å². The summed E-state index contributed by atoms with van der Waals surface area (Å²) in [5.41, 5.74) is 0.506. The third-order valence-electron chi connectivity index (χ3n) is 11.0. The molecule has 1 N–H and O–H groups in total. The lowest BCUT2D eigenvalue weighted by molar-refractivity contribution is -0.251. The highest BCUT2D eigenvalue weighted by atomic mass is 16.7. The molecular formula is C25H40O5. The molecule has 8 unspecified atom stereocenters. The molecule has 0 aromatic carbocycles. The maximum Gasteiger partial charge on any atom is 0.169 e. The van der Waals surface area contributed by atoms with E-state index in [0.717, 1.165) is 32.5 Å². The summed E-state index contributed by atoms with van der Waals surface area (Å²) < 4.78 is 24.5. The van der Waals surface area contributed by atoms with Gasteiger partial charge in [-0.15, -0.1) is 0 Å². The summed E-state index contributed by atoms with van der Waals surface area (Å²) in [6.07, 6.45) is 8.69. The molecule has 8 atom stereocenters. The molecule has 6 fully saturated rings. The maximum atomic E-state index is 11.5. The van der Waals surface area contributed by atoms with Gasteiger partial charge in [-0.3, -0.25) is 0 Å². The monoisotopic (exact) mass is 420 g/mol. The molecule has 0 amide bonds. The highest BCUT2D eigenvalue weighted by molar-refractivity contribution is 5.13. The molecule has 6 aliphatic rings. The number of aliphatic hydroxyl groups is 1. The standard InChI is InChI=1S/C25H40O5/c1-22-8-9-25(29-12-13-30-25)15-16(22)14-19(26)21-17-4-5-20(24(3)27-10-11-28-24)23(17,2)7-6-18(21)22/h16-21,26H,4-15H2,1-3H3. The fraction of sp³-hybridized carbons (Fsp3) is 1.00. The number of fused-ring (bicyclic) bond motifs is 5. The van der Waals surface area contributed by atoms with Crippen LogP contribution in [0.2, 0.25) is 0 Å². The molecule has 2 heterocycles. The number of hydrogen-bond acceptors (Lipinski definition) is 5. The second kappa shape index (κ2) is 6.66. The summed E-state index contributed by atoms with van der Waals surface area (Å²) in [5, 5.41) is 11.5. The topological polar surface area (TPSA) is 57.2 Å². The van der Waals surface area contributed by atoms with Gasteiger partial charge >= 0.3 is 0 Å². The second-order valence-electron chi connectivity index (χ2n) is 12.0. The molecule has 0 radical (unpaired) electrons. The average molecular weight is 421 g/mol. The highest BCUT2D eigenvalue weighted by Gasteiger charge is 2.66. The molecule has 0 aromatic heterocycles. The van der Waals surface area contributed by atoms with Crippen molar-refractivity contribution in [2.75, 3.05) is 26.4 Å². The van der Waals surface area contributed by atoms with Gasteiger partial charge in [-0.25, -0.2) is 0 Å². The summed E-state index contributed by atoms with van der Waals surface area (Å²) in [4.78, 5) is 0. The molecule has 0 aromatic rings. The van der Waals surface area contributed by atoms with Gasteiger partial charge in [0.05, 0.1) is 32.5 Å². The summed E-state index contributed by atoms with van der Waals surface area (Å²) >= 11 is 0. The Hall–Kier alpha value is -0.200. The quantitative estimate of drug-likeness (QED) is 0.691. The van der Waals surface area contributed by atoms with E-state index in [9.17, 15) is 5.11 Å². The van der Waals surface area contributed by atoms with Crippen molar-refractivity contribution in [2.24, 2.45) is 40.4 Å². The van der Waals surface area contributed by atoms with Crippen molar-refractivity contribution < 1.29 is 24.1 Å². The lowest BCUT2D eigenvalue weighted by Gasteiger charge is -2.63. The van der Waals surface area contributed by atoms with Crippen molar-refractivity contribution in [3.8, 4) is 0 Å². The van der Waals surface area contributed by atoms with Crippen molar-refractivity contribution in [3.63, 3.8) is 0 Å². The minimum Gasteiger partial charge on any atom is -0.393 e. The molecule has 4 saturated carbocycles. The molecule has 0 bridgehead atoms. The van der Waals surface area contributed by atoms with E-state index in [0.29, 0.717) is 48.2 Å². The lowest BCUT2D eigenvalue weighted by Crippen LogP contribution is -2.60. The van der Waals surface area contributed by atoms with Gasteiger partial charge in [0.2, 0.25) is 0 Å². The van der Waals surface area contributed by atoms with E-state index in [1.54, 1.807) is 0 Å². The Morgan fingerprint density at radius 3 is 2.13 bits per heavy atom. The summed E-state index contributed by atoms with van der Waals surface area (Å²) in [6, 6.07) is 0. The minimum atomic E-state index is -0.434. The Bertz CT molecular complexity index is 683. The molecule has 2 saturated heterocycles. The van der Waals surface area contributed by atoms with Crippen LogP contribution in [-0.4, -0.2) is 49.2 Å². The van der Waals surface area contributed by atoms with E-state index < -0.39 is 5.79 Å². The molecule has 30 heavy (non-hydrogen) atoms. The fourth-order valence-electron chi connectivity index (χ4n) is 9.52. The first-order valence-electron chi connectivity index (χ1n) is 12.5. The van der Waals surface area contributed by atoms with Crippen LogP contribution in [0.3, 0.4) is 0 Å². The van der Waals surface area contributed by atoms with Crippen LogP contribution >= 0.6 is 0 Å². The summed E-state index contributed by atoms with van der Waals surface area (Å²) in [7, 11) is 0. The van der Waals surface area contributed by atoms with Crippen LogP contribution in [0, 0.1) is 40.4 Å². The first-order chi connectivity index (χ1) is 14.3. The zero-order chi connectivity index (χ0) is 20.8. The zero-order valence-electron chi connectivity index (χ0n) is 19.0. The van der Waals surface area contributed by atoms with Crippen LogP contribution in [-0.2, 0) is 18.9 Å². The van der Waals surface area contributed by atoms with Crippen LogP contribution in [0.25, 0.3) is 0 Å². The van der Waals surface area contributed by atoms with Crippen LogP contribution in [0.1, 0.15) is 72.1 Å². The molecule has 170 valence electrons. The predicted octanol–water partition coefficient (Wildman–Crippen LogP) is 4.12. The third-order valence-corrected chi connectivity index (χ3v) is 11.0. The largest absolute Gasteiger partial charge is 0.393 e. The Morgan fingerprint density at radius 1 is 0.733 bits per heavy atom. The van der Waals surface area contributed by atoms with Crippen LogP contribution < -0.4 is 0 Å². The molecular weight excluding hydrogens is 380 g/mol. The summed E-state index contributed by atoms with van der Waals surface area (Å²) in [5.74, 6) is 1.75. The van der Waals surface area contributed by atoms with Gasteiger partial charge in [0.1, 0.15) is 0 Å². The number of aliphatic hydroxyl groups excluding tert-OH is 1. The number of ether oxygens (including phenoxy) is 4. The first kappa shape index (κ1) is 20.4. The molecule has 5 nitrogen and oxygen atoms in total. The first-order valence-corrected chi connectivity index (χ1v) is 12.5.